The van der Waals surface area contributed by atoms with Crippen LogP contribution in [0.25, 0.3) is 5.65 Å². The Morgan fingerprint density at radius 2 is 2.25 bits per heavy atom. The maximum Gasteiger partial charge on any atom is 0.240 e. The molecule has 20 heavy (non-hydrogen) atoms. The van der Waals surface area contributed by atoms with Crippen molar-refractivity contribution in [1.29, 1.82) is 0 Å². The molecule has 0 radical (unpaired) electrons. The van der Waals surface area contributed by atoms with Crippen LogP contribution in [0.5, 0.6) is 0 Å². The number of fused-ring (bicyclic) bond motifs is 1. The van der Waals surface area contributed by atoms with Crippen molar-refractivity contribution in [1.82, 2.24) is 14.7 Å². The zero-order valence-electron chi connectivity index (χ0n) is 11.2. The first-order valence-electron chi connectivity index (χ1n) is 6.75. The van der Waals surface area contributed by atoms with Gasteiger partial charge in [-0.3, -0.25) is 4.79 Å². The zero-order chi connectivity index (χ0) is 14.0. The van der Waals surface area contributed by atoms with Gasteiger partial charge in [-0.2, -0.15) is 0 Å². The molecule has 1 aliphatic heterocycles. The molecule has 6 heteroatoms. The fraction of sp³-hybridized carbons (Fsp3) is 0.429. The van der Waals surface area contributed by atoms with E-state index in [-0.39, 0.29) is 5.91 Å². The van der Waals surface area contributed by atoms with E-state index < -0.39 is 5.54 Å². The van der Waals surface area contributed by atoms with Crippen molar-refractivity contribution in [2.45, 2.75) is 24.9 Å². The molecule has 3 N–H and O–H groups in total. The molecule has 0 aromatic carbocycles. The van der Waals surface area contributed by atoms with Crippen LogP contribution in [0.3, 0.4) is 0 Å². The summed E-state index contributed by atoms with van der Waals surface area (Å²) in [5, 5.41) is 2.87. The normalized spacial score (nSPS) is 18.1. The molecule has 3 heterocycles. The number of amides is 1. The van der Waals surface area contributed by atoms with Crippen molar-refractivity contribution in [2.24, 2.45) is 5.73 Å². The number of aromatic nitrogens is 2. The third-order valence-corrected chi connectivity index (χ3v) is 3.68. The topological polar surface area (TPSA) is 81.7 Å². The molecule has 0 aliphatic carbocycles. The molecule has 0 spiro atoms. The highest BCUT2D eigenvalue weighted by Crippen LogP contribution is 2.17. The van der Waals surface area contributed by atoms with Crippen LogP contribution in [0.15, 0.2) is 30.6 Å². The number of pyridine rings is 1. The molecule has 1 saturated heterocycles. The maximum absolute atomic E-state index is 12.2. The summed E-state index contributed by atoms with van der Waals surface area (Å²) in [6.07, 6.45) is 4.95. The van der Waals surface area contributed by atoms with Crippen molar-refractivity contribution in [3.05, 3.63) is 36.3 Å². The Bertz CT molecular complexity index is 583. The van der Waals surface area contributed by atoms with Gasteiger partial charge in [0, 0.05) is 25.6 Å². The van der Waals surface area contributed by atoms with Crippen LogP contribution < -0.4 is 11.1 Å². The van der Waals surface area contributed by atoms with E-state index >= 15 is 0 Å². The molecule has 1 aliphatic rings. The molecule has 106 valence electrons. The number of carbonyl (C=O) groups is 1. The highest BCUT2D eigenvalue weighted by atomic mass is 16.5. The third-order valence-electron chi connectivity index (χ3n) is 3.68. The summed E-state index contributed by atoms with van der Waals surface area (Å²) in [5.74, 6) is -0.127. The Kier molecular flexibility index (Phi) is 3.42. The Labute approximate surface area is 116 Å². The molecule has 1 amide bonds. The van der Waals surface area contributed by atoms with Crippen LogP contribution in [0.4, 0.5) is 0 Å². The molecule has 0 bridgehead atoms. The van der Waals surface area contributed by atoms with E-state index in [1.165, 1.54) is 0 Å². The van der Waals surface area contributed by atoms with Gasteiger partial charge in [-0.05, 0) is 25.0 Å². The van der Waals surface area contributed by atoms with Crippen LogP contribution in [0.1, 0.15) is 18.5 Å². The second kappa shape index (κ2) is 5.22. The Morgan fingerprint density at radius 3 is 3.00 bits per heavy atom. The third kappa shape index (κ3) is 2.52. The number of nitrogens with one attached hydrogen (secondary N) is 1. The Balaban J connectivity index is 1.65. The van der Waals surface area contributed by atoms with E-state index in [0.29, 0.717) is 32.6 Å². The summed E-state index contributed by atoms with van der Waals surface area (Å²) in [6.45, 7) is 1.47. The minimum Gasteiger partial charge on any atom is -0.381 e. The van der Waals surface area contributed by atoms with E-state index in [2.05, 4.69) is 10.3 Å². The number of rotatable bonds is 3. The highest BCUT2D eigenvalue weighted by Gasteiger charge is 2.35. The van der Waals surface area contributed by atoms with Gasteiger partial charge in [0.2, 0.25) is 5.91 Å². The Hall–Kier alpha value is -1.92. The number of nitrogens with zero attached hydrogens (tertiary/aromatic N) is 2. The molecule has 0 unspecified atom stereocenters. The lowest BCUT2D eigenvalue weighted by molar-refractivity contribution is -0.129. The molecule has 1 fully saturated rings. The summed E-state index contributed by atoms with van der Waals surface area (Å²) in [5.41, 5.74) is 7.00. The summed E-state index contributed by atoms with van der Waals surface area (Å²) in [6, 6.07) is 5.80. The summed E-state index contributed by atoms with van der Waals surface area (Å²) in [4.78, 5) is 16.6. The van der Waals surface area contributed by atoms with Crippen molar-refractivity contribution in [3.8, 4) is 0 Å². The lowest BCUT2D eigenvalue weighted by Gasteiger charge is -2.31. The molecule has 0 atom stereocenters. The predicted molar refractivity (Wildman–Crippen MR) is 74.0 cm³/mol. The minimum atomic E-state index is -0.808. The van der Waals surface area contributed by atoms with Gasteiger partial charge in [-0.25, -0.2) is 4.98 Å². The lowest BCUT2D eigenvalue weighted by Crippen LogP contribution is -2.56. The fourth-order valence-electron chi connectivity index (χ4n) is 2.38. The van der Waals surface area contributed by atoms with Crippen molar-refractivity contribution in [2.75, 3.05) is 13.2 Å². The van der Waals surface area contributed by atoms with Gasteiger partial charge in [0.25, 0.3) is 0 Å². The lowest BCUT2D eigenvalue weighted by atomic mass is 9.90. The second-order valence-electron chi connectivity index (χ2n) is 5.15. The van der Waals surface area contributed by atoms with Gasteiger partial charge in [0.1, 0.15) is 5.65 Å². The van der Waals surface area contributed by atoms with E-state index in [0.717, 1.165) is 11.3 Å². The fourth-order valence-corrected chi connectivity index (χ4v) is 2.38. The summed E-state index contributed by atoms with van der Waals surface area (Å²) >= 11 is 0. The number of ether oxygens (including phenoxy) is 1. The van der Waals surface area contributed by atoms with Gasteiger partial charge in [0.05, 0.1) is 17.8 Å². The molecule has 2 aromatic rings. The van der Waals surface area contributed by atoms with Gasteiger partial charge >= 0.3 is 0 Å². The van der Waals surface area contributed by atoms with Crippen LogP contribution in [-0.4, -0.2) is 34.0 Å². The largest absolute Gasteiger partial charge is 0.381 e. The van der Waals surface area contributed by atoms with Gasteiger partial charge < -0.3 is 20.2 Å². The molecular formula is C14H18N4O2. The van der Waals surface area contributed by atoms with E-state index in [4.69, 9.17) is 10.5 Å². The SMILES string of the molecule is NC1(C(=O)NCc2cn3ccccc3n2)CCOCC1. The van der Waals surface area contributed by atoms with Gasteiger partial charge in [-0.1, -0.05) is 6.07 Å². The van der Waals surface area contributed by atoms with E-state index in [1.807, 2.05) is 35.0 Å². The predicted octanol–water partition coefficient (Wildman–Crippen LogP) is 0.458. The molecule has 2 aromatic heterocycles. The molecular weight excluding hydrogens is 256 g/mol. The summed E-state index contributed by atoms with van der Waals surface area (Å²) in [7, 11) is 0. The van der Waals surface area contributed by atoms with Gasteiger partial charge in [0.15, 0.2) is 0 Å². The maximum atomic E-state index is 12.2. The summed E-state index contributed by atoms with van der Waals surface area (Å²) < 4.78 is 7.17. The first-order valence-corrected chi connectivity index (χ1v) is 6.75. The van der Waals surface area contributed by atoms with Crippen LogP contribution >= 0.6 is 0 Å². The van der Waals surface area contributed by atoms with Crippen LogP contribution in [-0.2, 0) is 16.1 Å². The monoisotopic (exact) mass is 274 g/mol. The quantitative estimate of drug-likeness (QED) is 0.852. The van der Waals surface area contributed by atoms with Crippen LogP contribution in [0.2, 0.25) is 0 Å². The number of hydrogen-bond donors (Lipinski definition) is 2. The van der Waals surface area contributed by atoms with E-state index in [1.54, 1.807) is 0 Å². The highest BCUT2D eigenvalue weighted by molar-refractivity contribution is 5.86. The number of hydrogen-bond acceptors (Lipinski definition) is 4. The first kappa shape index (κ1) is 13.1. The molecule has 6 nitrogen and oxygen atoms in total. The smallest absolute Gasteiger partial charge is 0.240 e. The standard InChI is InChI=1S/C14H18N4O2/c15-14(4-7-20-8-5-14)13(19)16-9-11-10-18-6-2-1-3-12(18)17-11/h1-3,6,10H,4-5,7-9,15H2,(H,16,19). The first-order chi connectivity index (χ1) is 9.67. The zero-order valence-corrected chi connectivity index (χ0v) is 11.2. The Morgan fingerprint density at radius 1 is 1.45 bits per heavy atom. The average molecular weight is 274 g/mol. The molecule has 0 saturated carbocycles. The van der Waals surface area contributed by atoms with E-state index in [9.17, 15) is 4.79 Å². The van der Waals surface area contributed by atoms with Crippen molar-refractivity contribution in [3.63, 3.8) is 0 Å². The van der Waals surface area contributed by atoms with Crippen molar-refractivity contribution < 1.29 is 9.53 Å². The number of carbonyl (C=O) groups excluding carboxylic acids is 1. The van der Waals surface area contributed by atoms with Crippen LogP contribution in [0, 0.1) is 0 Å². The average Bonchev–Trinajstić information content (AvgIpc) is 2.88. The van der Waals surface area contributed by atoms with Crippen molar-refractivity contribution >= 4 is 11.6 Å². The minimum absolute atomic E-state index is 0.127. The number of imidazole rings is 1. The number of nitrogens with two attached hydrogens (primary N) is 1. The second-order valence-corrected chi connectivity index (χ2v) is 5.15. The molecule has 3 rings (SSSR count). The van der Waals surface area contributed by atoms with Gasteiger partial charge in [-0.15, -0.1) is 0 Å².